The molecule has 1 aromatic carbocycles. The molecule has 0 aliphatic rings. The Morgan fingerprint density at radius 1 is 1.12 bits per heavy atom. The van der Waals surface area contributed by atoms with Gasteiger partial charge in [-0.25, -0.2) is 8.42 Å². The van der Waals surface area contributed by atoms with Crippen LogP contribution in [0.3, 0.4) is 0 Å². The molecule has 0 unspecified atom stereocenters. The molecule has 138 valence electrons. The van der Waals surface area contributed by atoms with Gasteiger partial charge in [-0.3, -0.25) is 4.72 Å². The normalized spacial score (nSPS) is 11.4. The Bertz CT molecular complexity index is 1040. The van der Waals surface area contributed by atoms with Gasteiger partial charge < -0.3 is 14.0 Å². The molecule has 0 fully saturated rings. The number of ether oxygens (including phenoxy) is 2. The quantitative estimate of drug-likeness (QED) is 0.683. The van der Waals surface area contributed by atoms with Gasteiger partial charge in [0.15, 0.2) is 11.5 Å². The number of hydrogen-bond acceptors (Lipinski definition) is 8. The smallest absolute Gasteiger partial charge is 0.263 e. The van der Waals surface area contributed by atoms with Crippen LogP contribution in [-0.2, 0) is 10.0 Å². The Balaban J connectivity index is 1.92. The summed E-state index contributed by atoms with van der Waals surface area (Å²) in [6.45, 7) is 3.40. The molecular formula is C16H17N3O5S2. The largest absolute Gasteiger partial charge is 0.493 e. The van der Waals surface area contributed by atoms with Gasteiger partial charge >= 0.3 is 0 Å². The summed E-state index contributed by atoms with van der Waals surface area (Å²) in [6, 6.07) is 6.32. The van der Waals surface area contributed by atoms with Crippen LogP contribution in [0.4, 0.5) is 5.69 Å². The zero-order valence-corrected chi connectivity index (χ0v) is 16.2. The minimum Gasteiger partial charge on any atom is -0.493 e. The third kappa shape index (κ3) is 3.51. The minimum atomic E-state index is -3.79. The van der Waals surface area contributed by atoms with Gasteiger partial charge in [0.1, 0.15) is 4.90 Å². The van der Waals surface area contributed by atoms with E-state index in [1.807, 2.05) is 0 Å². The first-order valence-electron chi connectivity index (χ1n) is 7.50. The van der Waals surface area contributed by atoms with Gasteiger partial charge in [-0.05, 0) is 25.1 Å². The van der Waals surface area contributed by atoms with Crippen molar-refractivity contribution < 1.29 is 22.4 Å². The number of aryl methyl sites for hydroxylation is 2. The molecule has 0 spiro atoms. The molecule has 0 atom stereocenters. The summed E-state index contributed by atoms with van der Waals surface area (Å²) in [5.74, 6) is 1.72. The first-order chi connectivity index (χ1) is 12.3. The maximum absolute atomic E-state index is 12.8. The van der Waals surface area contributed by atoms with E-state index in [9.17, 15) is 8.42 Å². The first kappa shape index (κ1) is 18.2. The van der Waals surface area contributed by atoms with Crippen molar-refractivity contribution in [3.05, 3.63) is 35.0 Å². The van der Waals surface area contributed by atoms with Gasteiger partial charge in [0.05, 0.1) is 24.8 Å². The van der Waals surface area contributed by atoms with E-state index in [-0.39, 0.29) is 4.90 Å². The Morgan fingerprint density at radius 2 is 1.85 bits per heavy atom. The van der Waals surface area contributed by atoms with E-state index in [0.717, 1.165) is 0 Å². The van der Waals surface area contributed by atoms with Crippen LogP contribution in [0.15, 0.2) is 33.7 Å². The summed E-state index contributed by atoms with van der Waals surface area (Å²) in [5, 5.41) is 3.83. The molecule has 8 nitrogen and oxygen atoms in total. The van der Waals surface area contributed by atoms with Crippen molar-refractivity contribution in [1.29, 1.82) is 0 Å². The van der Waals surface area contributed by atoms with Crippen LogP contribution in [-0.4, -0.2) is 32.8 Å². The number of methoxy groups -OCH3 is 2. The average Bonchev–Trinajstić information content (AvgIpc) is 3.20. The highest BCUT2D eigenvalue weighted by atomic mass is 32.2. The molecule has 0 radical (unpaired) electrons. The van der Waals surface area contributed by atoms with Gasteiger partial charge in [0.2, 0.25) is 11.7 Å². The molecule has 1 N–H and O–H groups in total. The van der Waals surface area contributed by atoms with Gasteiger partial charge in [0.25, 0.3) is 10.0 Å². The van der Waals surface area contributed by atoms with Gasteiger partial charge in [-0.15, -0.1) is 11.3 Å². The molecular weight excluding hydrogens is 378 g/mol. The predicted molar refractivity (Wildman–Crippen MR) is 97.4 cm³/mol. The highest BCUT2D eigenvalue weighted by Crippen LogP contribution is 2.34. The van der Waals surface area contributed by atoms with E-state index in [2.05, 4.69) is 14.9 Å². The Labute approximate surface area is 154 Å². The van der Waals surface area contributed by atoms with Crippen molar-refractivity contribution in [2.75, 3.05) is 18.9 Å². The van der Waals surface area contributed by atoms with E-state index in [1.165, 1.54) is 31.6 Å². The number of nitrogens with zero attached hydrogens (tertiary/aromatic N) is 2. The molecule has 2 heterocycles. The van der Waals surface area contributed by atoms with Crippen LogP contribution in [0.5, 0.6) is 11.5 Å². The highest BCUT2D eigenvalue weighted by molar-refractivity contribution is 7.93. The summed E-state index contributed by atoms with van der Waals surface area (Å²) < 4.78 is 43.4. The minimum absolute atomic E-state index is 0.162. The maximum Gasteiger partial charge on any atom is 0.263 e. The highest BCUT2D eigenvalue weighted by Gasteiger charge is 2.22. The summed E-state index contributed by atoms with van der Waals surface area (Å²) in [5.41, 5.74) is 0.366. The summed E-state index contributed by atoms with van der Waals surface area (Å²) >= 11 is 1.28. The van der Waals surface area contributed by atoms with Crippen molar-refractivity contribution in [3.8, 4) is 22.2 Å². The van der Waals surface area contributed by atoms with Crippen LogP contribution < -0.4 is 14.2 Å². The number of sulfonamides is 1. The van der Waals surface area contributed by atoms with Crippen LogP contribution >= 0.6 is 11.3 Å². The molecule has 3 aromatic rings. The van der Waals surface area contributed by atoms with Crippen LogP contribution in [0.25, 0.3) is 10.7 Å². The molecule has 26 heavy (non-hydrogen) atoms. The number of nitrogens with one attached hydrogen (secondary N) is 1. The SMILES string of the molecule is COc1ccc(NS(=O)(=O)c2cc(-c3noc(C)n3)sc2C)cc1OC. The standard InChI is InChI=1S/C16H17N3O5S2/c1-9-15(8-14(25-9)16-17-10(2)24-18-16)26(20,21)19-11-5-6-12(22-3)13(7-11)23-4/h5-8,19H,1-4H3. The second-order valence-electron chi connectivity index (χ2n) is 5.34. The van der Waals surface area contributed by atoms with Crippen molar-refractivity contribution in [3.63, 3.8) is 0 Å². The summed E-state index contributed by atoms with van der Waals surface area (Å²) in [7, 11) is -0.795. The van der Waals surface area contributed by atoms with E-state index in [1.54, 1.807) is 32.0 Å². The van der Waals surface area contributed by atoms with Gasteiger partial charge in [-0.2, -0.15) is 4.98 Å². The molecule has 0 bridgehead atoms. The fraction of sp³-hybridized carbons (Fsp3) is 0.250. The number of rotatable bonds is 6. The molecule has 3 rings (SSSR count). The van der Waals surface area contributed by atoms with E-state index in [4.69, 9.17) is 14.0 Å². The van der Waals surface area contributed by atoms with E-state index >= 15 is 0 Å². The van der Waals surface area contributed by atoms with Crippen molar-refractivity contribution in [2.45, 2.75) is 18.7 Å². The molecule has 0 aliphatic carbocycles. The molecule has 2 aromatic heterocycles. The number of hydrogen-bond donors (Lipinski definition) is 1. The second kappa shape index (κ2) is 6.96. The second-order valence-corrected chi connectivity index (χ2v) is 8.25. The lowest BCUT2D eigenvalue weighted by molar-refractivity contribution is 0.355. The molecule has 0 saturated carbocycles. The summed E-state index contributed by atoms with van der Waals surface area (Å²) in [4.78, 5) is 5.53. The third-order valence-corrected chi connectivity index (χ3v) is 6.23. The fourth-order valence-electron chi connectivity index (χ4n) is 2.35. The van der Waals surface area contributed by atoms with Crippen molar-refractivity contribution in [2.24, 2.45) is 0 Å². The average molecular weight is 395 g/mol. The number of benzene rings is 1. The van der Waals surface area contributed by atoms with Gasteiger partial charge in [0, 0.05) is 17.9 Å². The third-order valence-electron chi connectivity index (χ3n) is 3.55. The van der Waals surface area contributed by atoms with E-state index in [0.29, 0.717) is 38.7 Å². The maximum atomic E-state index is 12.8. The summed E-state index contributed by atoms with van der Waals surface area (Å²) in [6.07, 6.45) is 0. The Hall–Kier alpha value is -2.59. The Morgan fingerprint density at radius 3 is 2.46 bits per heavy atom. The zero-order valence-electron chi connectivity index (χ0n) is 14.6. The van der Waals surface area contributed by atoms with Crippen LogP contribution in [0.1, 0.15) is 10.8 Å². The zero-order chi connectivity index (χ0) is 18.9. The Kier molecular flexibility index (Phi) is 4.88. The number of anilines is 1. The first-order valence-corrected chi connectivity index (χ1v) is 9.80. The molecule has 0 aliphatic heterocycles. The lowest BCUT2D eigenvalue weighted by atomic mass is 10.3. The number of aromatic nitrogens is 2. The van der Waals surface area contributed by atoms with Crippen molar-refractivity contribution >= 4 is 27.0 Å². The monoisotopic (exact) mass is 395 g/mol. The molecule has 0 amide bonds. The lowest BCUT2D eigenvalue weighted by Gasteiger charge is -2.11. The van der Waals surface area contributed by atoms with E-state index < -0.39 is 10.0 Å². The van der Waals surface area contributed by atoms with Crippen molar-refractivity contribution in [1.82, 2.24) is 10.1 Å². The topological polar surface area (TPSA) is 104 Å². The lowest BCUT2D eigenvalue weighted by Crippen LogP contribution is -2.13. The fourth-order valence-corrected chi connectivity index (χ4v) is 4.92. The van der Waals surface area contributed by atoms with Gasteiger partial charge in [-0.1, -0.05) is 5.16 Å². The molecule has 0 saturated heterocycles. The molecule has 10 heteroatoms. The predicted octanol–water partition coefficient (Wildman–Crippen LogP) is 3.23. The van der Waals surface area contributed by atoms with Crippen LogP contribution in [0, 0.1) is 13.8 Å². The van der Waals surface area contributed by atoms with Crippen LogP contribution in [0.2, 0.25) is 0 Å². The number of thiophene rings is 1.